The Hall–Kier alpha value is -3.09. The summed E-state index contributed by atoms with van der Waals surface area (Å²) in [5, 5.41) is 5.40. The summed E-state index contributed by atoms with van der Waals surface area (Å²) in [4.78, 5) is 33.7. The first kappa shape index (κ1) is 19.2. The first-order valence-corrected chi connectivity index (χ1v) is 10.2. The van der Waals surface area contributed by atoms with Crippen molar-refractivity contribution in [2.75, 3.05) is 19.7 Å². The summed E-state index contributed by atoms with van der Waals surface area (Å²) < 4.78 is 5.03. The number of fused-ring (bicyclic) bond motifs is 3. The molecule has 2 aromatic heterocycles. The minimum atomic E-state index is -0.268. The Morgan fingerprint density at radius 3 is 2.79 bits per heavy atom. The van der Waals surface area contributed by atoms with E-state index in [9.17, 15) is 9.59 Å². The molecule has 29 heavy (non-hydrogen) atoms. The fourth-order valence-corrected chi connectivity index (χ4v) is 3.89. The second-order valence-corrected chi connectivity index (χ2v) is 7.42. The molecule has 0 bridgehead atoms. The second-order valence-electron chi connectivity index (χ2n) is 7.42. The van der Waals surface area contributed by atoms with E-state index in [0.29, 0.717) is 32.5 Å². The summed E-state index contributed by atoms with van der Waals surface area (Å²) in [6.07, 6.45) is 4.08. The molecule has 1 saturated heterocycles. The third kappa shape index (κ3) is 4.34. The van der Waals surface area contributed by atoms with Crippen LogP contribution in [0.15, 0.2) is 36.5 Å². The highest BCUT2D eigenvalue weighted by Crippen LogP contribution is 2.25. The Labute approximate surface area is 169 Å². The predicted octanol–water partition coefficient (Wildman–Crippen LogP) is 3.39. The zero-order chi connectivity index (χ0) is 20.2. The highest BCUT2D eigenvalue weighted by molar-refractivity contribution is 6.06. The number of amides is 2. The van der Waals surface area contributed by atoms with Crippen LogP contribution in [0.2, 0.25) is 0 Å². The SMILES string of the molecule is CCOC(=O)N1CCC(NC(=O)CCc2cc3c(cn2)[nH]c2ccccc23)CC1. The summed E-state index contributed by atoms with van der Waals surface area (Å²) in [5.41, 5.74) is 3.01. The molecule has 0 spiro atoms. The number of hydrogen-bond donors (Lipinski definition) is 2. The number of hydrogen-bond acceptors (Lipinski definition) is 4. The van der Waals surface area contributed by atoms with Crippen molar-refractivity contribution in [3.8, 4) is 0 Å². The minimum absolute atomic E-state index is 0.0282. The number of aromatic amines is 1. The third-order valence-corrected chi connectivity index (χ3v) is 5.44. The van der Waals surface area contributed by atoms with Crippen molar-refractivity contribution in [1.29, 1.82) is 0 Å². The zero-order valence-corrected chi connectivity index (χ0v) is 16.6. The van der Waals surface area contributed by atoms with Gasteiger partial charge in [0.25, 0.3) is 0 Å². The maximum absolute atomic E-state index is 12.4. The minimum Gasteiger partial charge on any atom is -0.450 e. The van der Waals surface area contributed by atoms with Crippen molar-refractivity contribution >= 4 is 33.8 Å². The average molecular weight is 394 g/mol. The van der Waals surface area contributed by atoms with Gasteiger partial charge in [0, 0.05) is 47.5 Å². The molecule has 152 valence electrons. The summed E-state index contributed by atoms with van der Waals surface area (Å²) in [6, 6.07) is 10.4. The molecule has 3 heterocycles. The fraction of sp³-hybridized carbons (Fsp3) is 0.409. The van der Waals surface area contributed by atoms with E-state index < -0.39 is 0 Å². The highest BCUT2D eigenvalue weighted by Gasteiger charge is 2.24. The number of aryl methyl sites for hydroxylation is 1. The fourth-order valence-electron chi connectivity index (χ4n) is 3.89. The van der Waals surface area contributed by atoms with Gasteiger partial charge in [0.2, 0.25) is 5.91 Å². The maximum Gasteiger partial charge on any atom is 0.409 e. The molecule has 0 saturated carbocycles. The number of para-hydroxylation sites is 1. The van der Waals surface area contributed by atoms with Crippen molar-refractivity contribution < 1.29 is 14.3 Å². The topological polar surface area (TPSA) is 87.3 Å². The molecule has 0 aliphatic carbocycles. The van der Waals surface area contributed by atoms with Gasteiger partial charge < -0.3 is 19.9 Å². The van der Waals surface area contributed by atoms with Gasteiger partial charge in [-0.25, -0.2) is 4.79 Å². The summed E-state index contributed by atoms with van der Waals surface area (Å²) in [7, 11) is 0. The van der Waals surface area contributed by atoms with E-state index in [4.69, 9.17) is 4.74 Å². The van der Waals surface area contributed by atoms with Crippen LogP contribution in [0.25, 0.3) is 21.8 Å². The monoisotopic (exact) mass is 394 g/mol. The number of carbonyl (C=O) groups excluding carboxylic acids is 2. The molecule has 4 rings (SSSR count). The van der Waals surface area contributed by atoms with Gasteiger partial charge >= 0.3 is 6.09 Å². The molecular formula is C22H26N4O3. The number of likely N-dealkylation sites (tertiary alicyclic amines) is 1. The number of rotatable bonds is 5. The van der Waals surface area contributed by atoms with Crippen LogP contribution in [0.3, 0.4) is 0 Å². The number of piperidine rings is 1. The van der Waals surface area contributed by atoms with E-state index in [0.717, 1.165) is 35.0 Å². The zero-order valence-electron chi connectivity index (χ0n) is 16.6. The van der Waals surface area contributed by atoms with Gasteiger partial charge in [-0.1, -0.05) is 18.2 Å². The van der Waals surface area contributed by atoms with E-state index in [1.54, 1.807) is 11.8 Å². The quantitative estimate of drug-likeness (QED) is 0.694. The van der Waals surface area contributed by atoms with Crippen LogP contribution in [0.1, 0.15) is 31.9 Å². The van der Waals surface area contributed by atoms with Crippen LogP contribution in [0, 0.1) is 0 Å². The second kappa shape index (κ2) is 8.51. The van der Waals surface area contributed by atoms with Crippen molar-refractivity contribution in [1.82, 2.24) is 20.2 Å². The van der Waals surface area contributed by atoms with Crippen molar-refractivity contribution in [3.05, 3.63) is 42.2 Å². The van der Waals surface area contributed by atoms with E-state index >= 15 is 0 Å². The molecule has 3 aromatic rings. The van der Waals surface area contributed by atoms with Crippen LogP contribution < -0.4 is 5.32 Å². The number of benzene rings is 1. The molecule has 2 N–H and O–H groups in total. The van der Waals surface area contributed by atoms with E-state index in [2.05, 4.69) is 33.5 Å². The Morgan fingerprint density at radius 1 is 1.21 bits per heavy atom. The lowest BCUT2D eigenvalue weighted by molar-refractivity contribution is -0.122. The number of carbonyl (C=O) groups is 2. The van der Waals surface area contributed by atoms with Crippen molar-refractivity contribution in [3.63, 3.8) is 0 Å². The lowest BCUT2D eigenvalue weighted by Gasteiger charge is -2.31. The number of nitrogens with zero attached hydrogens (tertiary/aromatic N) is 2. The summed E-state index contributed by atoms with van der Waals surface area (Å²) in [5.74, 6) is 0.0282. The van der Waals surface area contributed by atoms with Gasteiger partial charge in [0.15, 0.2) is 0 Å². The standard InChI is InChI=1S/C22H26N4O3/c1-2-29-22(28)26-11-9-15(10-12-26)24-21(27)8-7-16-13-18-17-5-3-4-6-19(17)25-20(18)14-23-16/h3-6,13-15,25H,2,7-12H2,1H3,(H,24,27). The van der Waals surface area contributed by atoms with Crippen molar-refractivity contribution in [2.24, 2.45) is 0 Å². The Morgan fingerprint density at radius 2 is 2.00 bits per heavy atom. The first-order valence-electron chi connectivity index (χ1n) is 10.2. The van der Waals surface area contributed by atoms with Crippen molar-refractivity contribution in [2.45, 2.75) is 38.6 Å². The predicted molar refractivity (Wildman–Crippen MR) is 112 cm³/mol. The molecule has 1 fully saturated rings. The lowest BCUT2D eigenvalue weighted by Crippen LogP contribution is -2.46. The summed E-state index contributed by atoms with van der Waals surface area (Å²) in [6.45, 7) is 3.41. The molecule has 1 aromatic carbocycles. The smallest absolute Gasteiger partial charge is 0.409 e. The van der Waals surface area contributed by atoms with Gasteiger partial charge in [-0.15, -0.1) is 0 Å². The largest absolute Gasteiger partial charge is 0.450 e. The number of ether oxygens (including phenoxy) is 1. The lowest BCUT2D eigenvalue weighted by atomic mass is 10.0. The number of nitrogens with one attached hydrogen (secondary N) is 2. The summed E-state index contributed by atoms with van der Waals surface area (Å²) >= 11 is 0. The van der Waals surface area contributed by atoms with Gasteiger partial charge in [-0.3, -0.25) is 9.78 Å². The van der Waals surface area contributed by atoms with Crippen LogP contribution in [-0.4, -0.2) is 52.6 Å². The number of pyridine rings is 1. The molecule has 1 aliphatic heterocycles. The maximum atomic E-state index is 12.4. The van der Waals surface area contributed by atoms with Gasteiger partial charge in [-0.2, -0.15) is 0 Å². The van der Waals surface area contributed by atoms with Gasteiger partial charge in [0.1, 0.15) is 0 Å². The Balaban J connectivity index is 1.30. The van der Waals surface area contributed by atoms with Gasteiger partial charge in [-0.05, 0) is 38.3 Å². The van der Waals surface area contributed by atoms with E-state index in [1.807, 2.05) is 18.3 Å². The van der Waals surface area contributed by atoms with Gasteiger partial charge in [0.05, 0.1) is 18.3 Å². The normalized spacial score (nSPS) is 15.0. The molecular weight excluding hydrogens is 368 g/mol. The van der Waals surface area contributed by atoms with E-state index in [1.165, 1.54) is 5.39 Å². The van der Waals surface area contributed by atoms with E-state index in [-0.39, 0.29) is 18.0 Å². The Bertz CT molecular complexity index is 1020. The first-order chi connectivity index (χ1) is 14.1. The molecule has 0 unspecified atom stereocenters. The highest BCUT2D eigenvalue weighted by atomic mass is 16.6. The van der Waals surface area contributed by atoms with Crippen LogP contribution >= 0.6 is 0 Å². The molecule has 2 amide bonds. The number of H-pyrrole nitrogens is 1. The average Bonchev–Trinajstić information content (AvgIpc) is 3.11. The van der Waals surface area contributed by atoms with Crippen LogP contribution in [-0.2, 0) is 16.0 Å². The Kier molecular flexibility index (Phi) is 5.64. The molecule has 7 heteroatoms. The third-order valence-electron chi connectivity index (χ3n) is 5.44. The van der Waals surface area contributed by atoms with Crippen LogP contribution in [0.4, 0.5) is 4.79 Å². The molecule has 1 aliphatic rings. The molecule has 0 atom stereocenters. The van der Waals surface area contributed by atoms with Crippen LogP contribution in [0.5, 0.6) is 0 Å². The molecule has 0 radical (unpaired) electrons. The number of aromatic nitrogens is 2. The molecule has 7 nitrogen and oxygen atoms in total.